The normalized spacial score (nSPS) is 16.4. The summed E-state index contributed by atoms with van der Waals surface area (Å²) in [5, 5.41) is 20.3. The standard InChI is InChI=1S/C14H19N3O4/c18-14-3-2-13(17(19)20)10-12(14)11-15-4-1-5-16-6-8-21-9-7-16/h2-3,10-11,18H,1,4-9H2/b15-11+. The second kappa shape index (κ2) is 7.70. The minimum atomic E-state index is -0.491. The first-order valence-electron chi connectivity index (χ1n) is 6.94. The number of aromatic hydroxyl groups is 1. The van der Waals surface area contributed by atoms with E-state index in [1.165, 1.54) is 24.4 Å². The monoisotopic (exact) mass is 293 g/mol. The van der Waals surface area contributed by atoms with E-state index in [0.29, 0.717) is 12.1 Å². The number of nitro groups is 1. The first kappa shape index (κ1) is 15.4. The van der Waals surface area contributed by atoms with Crippen molar-refractivity contribution in [3.05, 3.63) is 33.9 Å². The van der Waals surface area contributed by atoms with Crippen LogP contribution in [0.1, 0.15) is 12.0 Å². The fourth-order valence-corrected chi connectivity index (χ4v) is 2.13. The Labute approximate surface area is 123 Å². The summed E-state index contributed by atoms with van der Waals surface area (Å²) in [6, 6.07) is 3.90. The van der Waals surface area contributed by atoms with Crippen molar-refractivity contribution in [2.75, 3.05) is 39.4 Å². The Morgan fingerprint density at radius 3 is 2.90 bits per heavy atom. The van der Waals surface area contributed by atoms with Gasteiger partial charge in [-0.25, -0.2) is 0 Å². The van der Waals surface area contributed by atoms with Gasteiger partial charge in [-0.15, -0.1) is 0 Å². The van der Waals surface area contributed by atoms with Gasteiger partial charge >= 0.3 is 0 Å². The highest BCUT2D eigenvalue weighted by molar-refractivity contribution is 5.84. The molecule has 0 aromatic heterocycles. The zero-order chi connectivity index (χ0) is 15.1. The van der Waals surface area contributed by atoms with Crippen LogP contribution in [0.3, 0.4) is 0 Å². The molecule has 2 rings (SSSR count). The Morgan fingerprint density at radius 1 is 1.43 bits per heavy atom. The lowest BCUT2D eigenvalue weighted by molar-refractivity contribution is -0.384. The van der Waals surface area contributed by atoms with Crippen molar-refractivity contribution in [2.24, 2.45) is 4.99 Å². The summed E-state index contributed by atoms with van der Waals surface area (Å²) in [5.41, 5.74) is 0.318. The predicted octanol–water partition coefficient (Wildman–Crippen LogP) is 1.44. The molecule has 0 radical (unpaired) electrons. The molecule has 0 aliphatic carbocycles. The van der Waals surface area contributed by atoms with Crippen LogP contribution in [-0.2, 0) is 4.74 Å². The van der Waals surface area contributed by atoms with Crippen LogP contribution in [0, 0.1) is 10.1 Å². The summed E-state index contributed by atoms with van der Waals surface area (Å²) < 4.78 is 5.27. The topological polar surface area (TPSA) is 88.2 Å². The molecule has 1 aromatic carbocycles. The van der Waals surface area contributed by atoms with Gasteiger partial charge < -0.3 is 9.84 Å². The summed E-state index contributed by atoms with van der Waals surface area (Å²) in [7, 11) is 0. The van der Waals surface area contributed by atoms with Crippen molar-refractivity contribution in [1.82, 2.24) is 4.90 Å². The third-order valence-corrected chi connectivity index (χ3v) is 3.32. The number of nitro benzene ring substituents is 1. The number of morpholine rings is 1. The van der Waals surface area contributed by atoms with Crippen LogP contribution >= 0.6 is 0 Å². The number of benzene rings is 1. The highest BCUT2D eigenvalue weighted by Gasteiger charge is 2.10. The molecule has 0 unspecified atom stereocenters. The Bertz CT molecular complexity index is 513. The Morgan fingerprint density at radius 2 is 2.19 bits per heavy atom. The Hall–Kier alpha value is -1.99. The van der Waals surface area contributed by atoms with Crippen molar-refractivity contribution in [2.45, 2.75) is 6.42 Å². The minimum absolute atomic E-state index is 0.00229. The van der Waals surface area contributed by atoms with E-state index in [0.717, 1.165) is 39.3 Å². The summed E-state index contributed by atoms with van der Waals surface area (Å²) in [5.74, 6) is -0.00229. The average molecular weight is 293 g/mol. The number of phenolic OH excluding ortho intramolecular Hbond substituents is 1. The molecule has 0 atom stereocenters. The SMILES string of the molecule is O=[N+]([O-])c1ccc(O)c(/C=N/CCCN2CCOCC2)c1. The second-order valence-corrected chi connectivity index (χ2v) is 4.84. The van der Waals surface area contributed by atoms with E-state index in [-0.39, 0.29) is 11.4 Å². The van der Waals surface area contributed by atoms with Crippen LogP contribution in [0.4, 0.5) is 5.69 Å². The van der Waals surface area contributed by atoms with Gasteiger partial charge in [0.15, 0.2) is 0 Å². The van der Waals surface area contributed by atoms with Crippen LogP contribution in [-0.4, -0.2) is 60.5 Å². The number of phenols is 1. The summed E-state index contributed by atoms with van der Waals surface area (Å²) in [6.07, 6.45) is 2.40. The first-order chi connectivity index (χ1) is 10.2. The molecule has 114 valence electrons. The number of hydrogen-bond donors (Lipinski definition) is 1. The van der Waals surface area contributed by atoms with Crippen molar-refractivity contribution >= 4 is 11.9 Å². The maximum atomic E-state index is 10.7. The third-order valence-electron chi connectivity index (χ3n) is 3.32. The molecule has 1 heterocycles. The van der Waals surface area contributed by atoms with E-state index in [1.807, 2.05) is 0 Å². The van der Waals surface area contributed by atoms with E-state index < -0.39 is 4.92 Å². The number of nitrogens with zero attached hydrogens (tertiary/aromatic N) is 3. The van der Waals surface area contributed by atoms with Crippen LogP contribution < -0.4 is 0 Å². The van der Waals surface area contributed by atoms with E-state index in [1.54, 1.807) is 0 Å². The van der Waals surface area contributed by atoms with Gasteiger partial charge in [0.25, 0.3) is 5.69 Å². The molecule has 0 spiro atoms. The van der Waals surface area contributed by atoms with E-state index in [2.05, 4.69) is 9.89 Å². The van der Waals surface area contributed by atoms with Gasteiger partial charge in [0.05, 0.1) is 18.1 Å². The molecule has 0 saturated carbocycles. The van der Waals surface area contributed by atoms with Crippen LogP contribution in [0.15, 0.2) is 23.2 Å². The van der Waals surface area contributed by atoms with Gasteiger partial charge in [-0.2, -0.15) is 0 Å². The fourth-order valence-electron chi connectivity index (χ4n) is 2.13. The molecule has 0 amide bonds. The molecule has 1 aliphatic rings. The highest BCUT2D eigenvalue weighted by Crippen LogP contribution is 2.21. The molecule has 7 heteroatoms. The maximum Gasteiger partial charge on any atom is 0.270 e. The zero-order valence-corrected chi connectivity index (χ0v) is 11.8. The summed E-state index contributed by atoms with van der Waals surface area (Å²) in [4.78, 5) is 16.7. The highest BCUT2D eigenvalue weighted by atomic mass is 16.6. The number of hydrogen-bond acceptors (Lipinski definition) is 6. The van der Waals surface area contributed by atoms with E-state index in [9.17, 15) is 15.2 Å². The first-order valence-corrected chi connectivity index (χ1v) is 6.94. The zero-order valence-electron chi connectivity index (χ0n) is 11.8. The van der Waals surface area contributed by atoms with Crippen LogP contribution in [0.25, 0.3) is 0 Å². The molecule has 0 bridgehead atoms. The molecule has 1 aliphatic heterocycles. The van der Waals surface area contributed by atoms with Gasteiger partial charge in [-0.05, 0) is 12.5 Å². The largest absolute Gasteiger partial charge is 0.507 e. The average Bonchev–Trinajstić information content (AvgIpc) is 2.49. The third kappa shape index (κ3) is 4.80. The smallest absolute Gasteiger partial charge is 0.270 e. The number of non-ortho nitro benzene ring substituents is 1. The van der Waals surface area contributed by atoms with Crippen molar-refractivity contribution in [3.8, 4) is 5.75 Å². The quantitative estimate of drug-likeness (QED) is 0.371. The Balaban J connectivity index is 1.80. The summed E-state index contributed by atoms with van der Waals surface area (Å²) in [6.45, 7) is 5.06. The van der Waals surface area contributed by atoms with Crippen molar-refractivity contribution < 1.29 is 14.8 Å². The van der Waals surface area contributed by atoms with Gasteiger partial charge in [-0.1, -0.05) is 0 Å². The van der Waals surface area contributed by atoms with E-state index >= 15 is 0 Å². The predicted molar refractivity (Wildman–Crippen MR) is 79.1 cm³/mol. The molecule has 7 nitrogen and oxygen atoms in total. The number of aliphatic imine (C=N–C) groups is 1. The number of rotatable bonds is 6. The van der Waals surface area contributed by atoms with Gasteiger partial charge in [0, 0.05) is 50.1 Å². The van der Waals surface area contributed by atoms with E-state index in [4.69, 9.17) is 4.74 Å². The molecule has 21 heavy (non-hydrogen) atoms. The molecule has 1 aromatic rings. The van der Waals surface area contributed by atoms with Crippen molar-refractivity contribution in [1.29, 1.82) is 0 Å². The van der Waals surface area contributed by atoms with Crippen LogP contribution in [0.5, 0.6) is 5.75 Å². The van der Waals surface area contributed by atoms with Crippen LogP contribution in [0.2, 0.25) is 0 Å². The second-order valence-electron chi connectivity index (χ2n) is 4.84. The minimum Gasteiger partial charge on any atom is -0.507 e. The lowest BCUT2D eigenvalue weighted by Gasteiger charge is -2.26. The Kier molecular flexibility index (Phi) is 5.65. The molecule has 1 N–H and O–H groups in total. The lowest BCUT2D eigenvalue weighted by Crippen LogP contribution is -2.37. The van der Waals surface area contributed by atoms with Gasteiger partial charge in [-0.3, -0.25) is 20.0 Å². The van der Waals surface area contributed by atoms with Crippen molar-refractivity contribution in [3.63, 3.8) is 0 Å². The number of ether oxygens (including phenoxy) is 1. The molecule has 1 fully saturated rings. The fraction of sp³-hybridized carbons (Fsp3) is 0.500. The van der Waals surface area contributed by atoms with Gasteiger partial charge in [0.2, 0.25) is 0 Å². The molecular formula is C14H19N3O4. The summed E-state index contributed by atoms with van der Waals surface area (Å²) >= 11 is 0. The maximum absolute atomic E-state index is 10.7. The molecular weight excluding hydrogens is 274 g/mol. The molecule has 1 saturated heterocycles. The lowest BCUT2D eigenvalue weighted by atomic mass is 10.2. The van der Waals surface area contributed by atoms with Gasteiger partial charge in [0.1, 0.15) is 5.75 Å².